The van der Waals surface area contributed by atoms with Crippen LogP contribution < -0.4 is 16.0 Å². The van der Waals surface area contributed by atoms with Crippen molar-refractivity contribution in [2.75, 3.05) is 6.54 Å². The van der Waals surface area contributed by atoms with Crippen LogP contribution in [-0.4, -0.2) is 81.2 Å². The Morgan fingerprint density at radius 2 is 1.55 bits per heavy atom. The molecule has 1 saturated heterocycles. The van der Waals surface area contributed by atoms with Crippen molar-refractivity contribution < 1.29 is 29.7 Å². The maximum absolute atomic E-state index is 13.0. The predicted molar refractivity (Wildman–Crippen MR) is 144 cm³/mol. The number of nitrogens with one attached hydrogen (secondary N) is 3. The Balaban J connectivity index is 1.58. The molecule has 3 rings (SSSR count). The second-order valence-corrected chi connectivity index (χ2v) is 12.1. The minimum absolute atomic E-state index is 0.0572. The second-order valence-electron chi connectivity index (χ2n) is 12.1. The van der Waals surface area contributed by atoms with Gasteiger partial charge in [0.15, 0.2) is 0 Å². The van der Waals surface area contributed by atoms with Gasteiger partial charge in [0.2, 0.25) is 11.8 Å². The third-order valence-electron chi connectivity index (χ3n) is 8.44. The van der Waals surface area contributed by atoms with Gasteiger partial charge in [-0.25, -0.2) is 0 Å². The highest BCUT2D eigenvalue weighted by molar-refractivity contribution is 5.84. The summed E-state index contributed by atoms with van der Waals surface area (Å²) in [7, 11) is 0. The van der Waals surface area contributed by atoms with E-state index >= 15 is 0 Å². The van der Waals surface area contributed by atoms with Crippen LogP contribution in [0.3, 0.4) is 0 Å². The van der Waals surface area contributed by atoms with Gasteiger partial charge in [-0.15, -0.1) is 0 Å². The normalized spacial score (nSPS) is 24.8. The van der Waals surface area contributed by atoms with Gasteiger partial charge in [0, 0.05) is 19.0 Å². The number of aliphatic hydroxyl groups is 2. The lowest BCUT2D eigenvalue weighted by Gasteiger charge is -2.33. The molecule has 6 N–H and O–H groups in total. The molecule has 1 heterocycles. The van der Waals surface area contributed by atoms with Crippen LogP contribution in [0.1, 0.15) is 104 Å². The van der Waals surface area contributed by atoms with Crippen LogP contribution in [0.25, 0.3) is 0 Å². The molecule has 2 amide bonds. The molecule has 0 aromatic rings. The van der Waals surface area contributed by atoms with E-state index in [9.17, 15) is 29.7 Å². The van der Waals surface area contributed by atoms with Crippen molar-refractivity contribution in [3.8, 4) is 0 Å². The molecule has 218 valence electrons. The van der Waals surface area contributed by atoms with Crippen molar-refractivity contribution in [1.29, 1.82) is 0 Å². The minimum Gasteiger partial charge on any atom is -0.481 e. The Labute approximate surface area is 227 Å². The highest BCUT2D eigenvalue weighted by Gasteiger charge is 2.39. The van der Waals surface area contributed by atoms with Gasteiger partial charge in [-0.3, -0.25) is 25.0 Å². The number of hydrogen-bond acceptors (Lipinski definition) is 7. The SMILES string of the molecule is CC(C)C[C@H](NC(=O)CC1CCCCC1)C(O)N[C@@H](CC(=O)O)C(O)N[C@@H]1CCN(C2CCCCC2)C1=O. The lowest BCUT2D eigenvalue weighted by Crippen LogP contribution is -2.60. The van der Waals surface area contributed by atoms with Gasteiger partial charge >= 0.3 is 5.97 Å². The zero-order valence-corrected chi connectivity index (χ0v) is 23.2. The number of rotatable bonds is 14. The number of carbonyl (C=O) groups excluding carboxylic acids is 2. The Hall–Kier alpha value is -1.75. The third kappa shape index (κ3) is 9.47. The fourth-order valence-corrected chi connectivity index (χ4v) is 6.41. The quantitative estimate of drug-likeness (QED) is 0.184. The lowest BCUT2D eigenvalue weighted by molar-refractivity contribution is -0.139. The van der Waals surface area contributed by atoms with E-state index in [1.54, 1.807) is 0 Å². The number of hydrogen-bond donors (Lipinski definition) is 6. The Bertz CT molecular complexity index is 768. The van der Waals surface area contributed by atoms with Crippen molar-refractivity contribution >= 4 is 17.8 Å². The van der Waals surface area contributed by atoms with Crippen LogP contribution in [0, 0.1) is 11.8 Å². The fourth-order valence-electron chi connectivity index (χ4n) is 6.41. The molecule has 3 aliphatic rings. The number of carboxylic acid groups (broad SMARTS) is 1. The number of carboxylic acids is 1. The number of aliphatic hydroxyl groups excluding tert-OH is 2. The number of aliphatic carboxylic acids is 1. The van der Waals surface area contributed by atoms with Gasteiger partial charge in [-0.1, -0.05) is 52.4 Å². The lowest BCUT2D eigenvalue weighted by atomic mass is 9.86. The van der Waals surface area contributed by atoms with Crippen LogP contribution in [-0.2, 0) is 14.4 Å². The fraction of sp³-hybridized carbons (Fsp3) is 0.893. The summed E-state index contributed by atoms with van der Waals surface area (Å²) < 4.78 is 0. The number of likely N-dealkylation sites (tertiary alicyclic amines) is 1. The van der Waals surface area contributed by atoms with Gasteiger partial charge in [-0.2, -0.15) is 0 Å². The van der Waals surface area contributed by atoms with Crippen LogP contribution in [0.5, 0.6) is 0 Å². The maximum atomic E-state index is 13.0. The highest BCUT2D eigenvalue weighted by atomic mass is 16.4. The average Bonchev–Trinajstić information content (AvgIpc) is 3.23. The van der Waals surface area contributed by atoms with E-state index in [0.29, 0.717) is 31.7 Å². The van der Waals surface area contributed by atoms with E-state index in [1.165, 1.54) is 12.8 Å². The molecule has 0 spiro atoms. The molecular formula is C28H50N4O6. The van der Waals surface area contributed by atoms with Crippen molar-refractivity contribution in [3.05, 3.63) is 0 Å². The summed E-state index contributed by atoms with van der Waals surface area (Å²) in [6.07, 6.45) is 9.39. The van der Waals surface area contributed by atoms with E-state index in [2.05, 4.69) is 16.0 Å². The van der Waals surface area contributed by atoms with Crippen LogP contribution in [0.2, 0.25) is 0 Å². The Kier molecular flexibility index (Phi) is 12.3. The van der Waals surface area contributed by atoms with Crippen molar-refractivity contribution in [1.82, 2.24) is 20.9 Å². The van der Waals surface area contributed by atoms with E-state index in [4.69, 9.17) is 0 Å². The number of carbonyl (C=O) groups is 3. The largest absolute Gasteiger partial charge is 0.481 e. The Morgan fingerprint density at radius 1 is 0.921 bits per heavy atom. The van der Waals surface area contributed by atoms with Crippen molar-refractivity contribution in [3.63, 3.8) is 0 Å². The van der Waals surface area contributed by atoms with Crippen molar-refractivity contribution in [2.45, 2.75) is 140 Å². The van der Waals surface area contributed by atoms with Crippen molar-refractivity contribution in [2.24, 2.45) is 11.8 Å². The molecule has 1 aliphatic heterocycles. The highest BCUT2D eigenvalue weighted by Crippen LogP contribution is 2.27. The second kappa shape index (κ2) is 15.1. The zero-order chi connectivity index (χ0) is 27.7. The van der Waals surface area contributed by atoms with Gasteiger partial charge < -0.3 is 25.5 Å². The van der Waals surface area contributed by atoms with Crippen LogP contribution >= 0.6 is 0 Å². The van der Waals surface area contributed by atoms with E-state index < -0.39 is 43.0 Å². The first-order valence-electron chi connectivity index (χ1n) is 14.8. The summed E-state index contributed by atoms with van der Waals surface area (Å²) in [5, 5.41) is 40.2. The number of amides is 2. The minimum atomic E-state index is -1.36. The van der Waals surface area contributed by atoms with Gasteiger partial charge in [-0.05, 0) is 50.4 Å². The standard InChI is InChI=1S/C28H50N4O6/c1-18(2)15-22(29-24(33)16-19-9-5-3-6-10-19)26(36)31-23(17-25(34)35)27(37)30-21-13-14-32(28(21)38)20-11-7-4-8-12-20/h18-23,26-27,30-31,36-37H,3-17H2,1-2H3,(H,29,33)(H,34,35)/t21-,22+,23+,26?,27?/m1/s1. The molecule has 3 fully saturated rings. The first-order valence-corrected chi connectivity index (χ1v) is 14.8. The van der Waals surface area contributed by atoms with Gasteiger partial charge in [0.05, 0.1) is 24.5 Å². The molecule has 2 aliphatic carbocycles. The monoisotopic (exact) mass is 538 g/mol. The topological polar surface area (TPSA) is 151 Å². The van der Waals surface area contributed by atoms with Crippen LogP contribution in [0.4, 0.5) is 0 Å². The molecule has 0 aromatic carbocycles. The molecular weight excluding hydrogens is 488 g/mol. The molecule has 38 heavy (non-hydrogen) atoms. The van der Waals surface area contributed by atoms with Gasteiger partial charge in [0.25, 0.3) is 0 Å². The molecule has 0 aromatic heterocycles. The molecule has 0 bridgehead atoms. The molecule has 2 unspecified atom stereocenters. The van der Waals surface area contributed by atoms with Crippen LogP contribution in [0.15, 0.2) is 0 Å². The summed E-state index contributed by atoms with van der Waals surface area (Å²) in [6.45, 7) is 4.60. The summed E-state index contributed by atoms with van der Waals surface area (Å²) >= 11 is 0. The van der Waals surface area contributed by atoms with E-state index in [1.807, 2.05) is 18.7 Å². The molecule has 2 saturated carbocycles. The number of nitrogens with zero attached hydrogens (tertiary/aromatic N) is 1. The maximum Gasteiger partial charge on any atom is 0.305 e. The summed E-state index contributed by atoms with van der Waals surface area (Å²) in [5.41, 5.74) is 0. The average molecular weight is 539 g/mol. The summed E-state index contributed by atoms with van der Waals surface area (Å²) in [4.78, 5) is 39.3. The Morgan fingerprint density at radius 3 is 2.16 bits per heavy atom. The first kappa shape index (κ1) is 30.8. The molecule has 5 atom stereocenters. The molecule has 10 heteroatoms. The predicted octanol–water partition coefficient (Wildman–Crippen LogP) is 2.08. The van der Waals surface area contributed by atoms with E-state index in [-0.39, 0.29) is 23.8 Å². The summed E-state index contributed by atoms with van der Waals surface area (Å²) in [6, 6.07) is -2.04. The molecule has 0 radical (unpaired) electrons. The smallest absolute Gasteiger partial charge is 0.305 e. The summed E-state index contributed by atoms with van der Waals surface area (Å²) in [5.74, 6) is -0.779. The van der Waals surface area contributed by atoms with Gasteiger partial charge in [0.1, 0.15) is 12.5 Å². The zero-order valence-electron chi connectivity index (χ0n) is 23.2. The first-order chi connectivity index (χ1) is 18.1. The third-order valence-corrected chi connectivity index (χ3v) is 8.44. The van der Waals surface area contributed by atoms with E-state index in [0.717, 1.165) is 51.4 Å². The molecule has 10 nitrogen and oxygen atoms in total.